The monoisotopic (exact) mass is 285 g/mol. The molecule has 1 rings (SSSR count). The van der Waals surface area contributed by atoms with E-state index < -0.39 is 0 Å². The molecule has 0 aromatic carbocycles. The Morgan fingerprint density at radius 1 is 1.44 bits per heavy atom. The Bertz CT molecular complexity index is 315. The summed E-state index contributed by atoms with van der Waals surface area (Å²) >= 11 is 3.40. The molecule has 0 aliphatic heterocycles. The summed E-state index contributed by atoms with van der Waals surface area (Å²) in [5.74, 6) is 0. The number of halogens is 1. The molecule has 4 heteroatoms. The maximum absolute atomic E-state index is 4.11. The van der Waals surface area contributed by atoms with E-state index in [1.165, 1.54) is 0 Å². The lowest BCUT2D eigenvalue weighted by molar-refractivity contribution is 0.273. The zero-order valence-electron chi connectivity index (χ0n) is 10.2. The molecule has 0 saturated carbocycles. The lowest BCUT2D eigenvalue weighted by atomic mass is 10.3. The maximum Gasteiger partial charge on any atom is 0.0538 e. The molecule has 0 saturated heterocycles. The van der Waals surface area contributed by atoms with Crippen LogP contribution in [0.3, 0.4) is 0 Å². The van der Waals surface area contributed by atoms with Crippen LogP contribution in [0.2, 0.25) is 0 Å². The fourth-order valence-electron chi connectivity index (χ4n) is 1.33. The average molecular weight is 286 g/mol. The summed E-state index contributed by atoms with van der Waals surface area (Å²) in [5, 5.41) is 3.36. The fourth-order valence-corrected chi connectivity index (χ4v) is 1.69. The van der Waals surface area contributed by atoms with Gasteiger partial charge in [-0.2, -0.15) is 0 Å². The number of anilines is 1. The van der Waals surface area contributed by atoms with Gasteiger partial charge >= 0.3 is 0 Å². The SMILES string of the molecule is CC(C)N(C)CCCNc1cncc(Br)c1. The zero-order chi connectivity index (χ0) is 12.0. The lowest BCUT2D eigenvalue weighted by Crippen LogP contribution is -2.28. The Morgan fingerprint density at radius 3 is 2.81 bits per heavy atom. The molecular weight excluding hydrogens is 266 g/mol. The van der Waals surface area contributed by atoms with Crippen molar-refractivity contribution in [1.29, 1.82) is 0 Å². The van der Waals surface area contributed by atoms with Gasteiger partial charge in [0.25, 0.3) is 0 Å². The van der Waals surface area contributed by atoms with Crippen LogP contribution < -0.4 is 5.32 Å². The smallest absolute Gasteiger partial charge is 0.0538 e. The van der Waals surface area contributed by atoms with Gasteiger partial charge < -0.3 is 10.2 Å². The third kappa shape index (κ3) is 4.94. The van der Waals surface area contributed by atoms with Gasteiger partial charge in [0.05, 0.1) is 11.9 Å². The van der Waals surface area contributed by atoms with Crippen molar-refractivity contribution >= 4 is 21.6 Å². The van der Waals surface area contributed by atoms with E-state index in [2.05, 4.69) is 52.0 Å². The van der Waals surface area contributed by atoms with Gasteiger partial charge in [-0.3, -0.25) is 4.98 Å². The molecular formula is C12H20BrN3. The van der Waals surface area contributed by atoms with Crippen molar-refractivity contribution in [3.8, 4) is 0 Å². The summed E-state index contributed by atoms with van der Waals surface area (Å²) in [4.78, 5) is 6.45. The van der Waals surface area contributed by atoms with Gasteiger partial charge in [-0.15, -0.1) is 0 Å². The molecule has 0 radical (unpaired) electrons. The van der Waals surface area contributed by atoms with Crippen LogP contribution in [0.25, 0.3) is 0 Å². The second kappa shape index (κ2) is 6.86. The van der Waals surface area contributed by atoms with Crippen LogP contribution in [0.5, 0.6) is 0 Å². The first-order chi connectivity index (χ1) is 7.59. The molecule has 0 atom stereocenters. The number of hydrogen-bond acceptors (Lipinski definition) is 3. The van der Waals surface area contributed by atoms with Crippen molar-refractivity contribution in [3.05, 3.63) is 22.9 Å². The first-order valence-corrected chi connectivity index (χ1v) is 6.43. The van der Waals surface area contributed by atoms with Crippen LogP contribution in [-0.2, 0) is 0 Å². The summed E-state index contributed by atoms with van der Waals surface area (Å²) in [7, 11) is 2.16. The van der Waals surface area contributed by atoms with E-state index in [1.54, 1.807) is 6.20 Å². The Hall–Kier alpha value is -0.610. The van der Waals surface area contributed by atoms with Crippen molar-refractivity contribution in [2.45, 2.75) is 26.3 Å². The van der Waals surface area contributed by atoms with Crippen LogP contribution in [-0.4, -0.2) is 36.1 Å². The van der Waals surface area contributed by atoms with Crippen LogP contribution in [0.4, 0.5) is 5.69 Å². The van der Waals surface area contributed by atoms with E-state index in [-0.39, 0.29) is 0 Å². The highest BCUT2D eigenvalue weighted by molar-refractivity contribution is 9.10. The predicted octanol–water partition coefficient (Wildman–Crippen LogP) is 2.99. The average Bonchev–Trinajstić information content (AvgIpc) is 2.24. The minimum atomic E-state index is 0.618. The van der Waals surface area contributed by atoms with Gasteiger partial charge in [0.2, 0.25) is 0 Å². The topological polar surface area (TPSA) is 28.2 Å². The number of nitrogens with one attached hydrogen (secondary N) is 1. The van der Waals surface area contributed by atoms with Crippen molar-refractivity contribution in [2.75, 3.05) is 25.5 Å². The largest absolute Gasteiger partial charge is 0.384 e. The van der Waals surface area contributed by atoms with Crippen molar-refractivity contribution in [1.82, 2.24) is 9.88 Å². The molecule has 1 aromatic heterocycles. The predicted molar refractivity (Wildman–Crippen MR) is 72.8 cm³/mol. The molecule has 0 fully saturated rings. The number of hydrogen-bond donors (Lipinski definition) is 1. The van der Waals surface area contributed by atoms with Crippen molar-refractivity contribution < 1.29 is 0 Å². The quantitative estimate of drug-likeness (QED) is 0.815. The van der Waals surface area contributed by atoms with Crippen LogP contribution >= 0.6 is 15.9 Å². The van der Waals surface area contributed by atoms with E-state index >= 15 is 0 Å². The molecule has 1 aromatic rings. The molecule has 0 unspecified atom stereocenters. The molecule has 16 heavy (non-hydrogen) atoms. The normalized spacial score (nSPS) is 11.1. The first kappa shape index (κ1) is 13.5. The summed E-state index contributed by atoms with van der Waals surface area (Å²) in [5.41, 5.74) is 1.07. The zero-order valence-corrected chi connectivity index (χ0v) is 11.8. The lowest BCUT2D eigenvalue weighted by Gasteiger charge is -2.20. The molecule has 0 spiro atoms. The molecule has 1 heterocycles. The molecule has 0 aliphatic carbocycles. The van der Waals surface area contributed by atoms with E-state index in [4.69, 9.17) is 0 Å². The molecule has 0 bridgehead atoms. The molecule has 90 valence electrons. The van der Waals surface area contributed by atoms with Gasteiger partial charge in [0.15, 0.2) is 0 Å². The highest BCUT2D eigenvalue weighted by Crippen LogP contribution is 2.13. The van der Waals surface area contributed by atoms with Crippen LogP contribution in [0, 0.1) is 0 Å². The Morgan fingerprint density at radius 2 is 2.19 bits per heavy atom. The number of pyridine rings is 1. The standard InChI is InChI=1S/C12H20BrN3/c1-10(2)16(3)6-4-5-15-12-7-11(13)8-14-9-12/h7-10,15H,4-6H2,1-3H3. The second-order valence-electron chi connectivity index (χ2n) is 4.25. The number of nitrogens with zero attached hydrogens (tertiary/aromatic N) is 2. The highest BCUT2D eigenvalue weighted by atomic mass is 79.9. The van der Waals surface area contributed by atoms with Gasteiger partial charge in [-0.25, -0.2) is 0 Å². The Balaban J connectivity index is 2.21. The van der Waals surface area contributed by atoms with Gasteiger partial charge in [-0.1, -0.05) is 0 Å². The summed E-state index contributed by atoms with van der Waals surface area (Å²) in [6.07, 6.45) is 4.77. The maximum atomic E-state index is 4.11. The van der Waals surface area contributed by atoms with Gasteiger partial charge in [0.1, 0.15) is 0 Å². The number of rotatable bonds is 6. The molecule has 0 amide bonds. The third-order valence-corrected chi connectivity index (χ3v) is 3.04. The molecule has 0 aliphatic rings. The highest BCUT2D eigenvalue weighted by Gasteiger charge is 2.01. The van der Waals surface area contributed by atoms with Crippen molar-refractivity contribution in [3.63, 3.8) is 0 Å². The van der Waals surface area contributed by atoms with Crippen LogP contribution in [0.15, 0.2) is 22.9 Å². The minimum Gasteiger partial charge on any atom is -0.384 e. The summed E-state index contributed by atoms with van der Waals surface area (Å²) in [6, 6.07) is 2.66. The van der Waals surface area contributed by atoms with E-state index in [0.717, 1.165) is 29.7 Å². The van der Waals surface area contributed by atoms with E-state index in [1.807, 2.05) is 12.3 Å². The molecule has 3 nitrogen and oxygen atoms in total. The van der Waals surface area contributed by atoms with E-state index in [0.29, 0.717) is 6.04 Å². The first-order valence-electron chi connectivity index (χ1n) is 5.64. The molecule has 1 N–H and O–H groups in total. The number of aromatic nitrogens is 1. The van der Waals surface area contributed by atoms with Gasteiger partial charge in [-0.05, 0) is 55.9 Å². The second-order valence-corrected chi connectivity index (χ2v) is 5.16. The van der Waals surface area contributed by atoms with E-state index in [9.17, 15) is 0 Å². The fraction of sp³-hybridized carbons (Fsp3) is 0.583. The Labute approximate surface area is 106 Å². The Kier molecular flexibility index (Phi) is 5.77. The van der Waals surface area contributed by atoms with Gasteiger partial charge in [0, 0.05) is 23.3 Å². The van der Waals surface area contributed by atoms with Crippen molar-refractivity contribution in [2.24, 2.45) is 0 Å². The summed E-state index contributed by atoms with van der Waals surface area (Å²) < 4.78 is 1.01. The minimum absolute atomic E-state index is 0.618. The summed E-state index contributed by atoms with van der Waals surface area (Å²) in [6.45, 7) is 6.53. The third-order valence-electron chi connectivity index (χ3n) is 2.60. The van der Waals surface area contributed by atoms with Crippen LogP contribution in [0.1, 0.15) is 20.3 Å².